The van der Waals surface area contributed by atoms with Crippen LogP contribution in [0.15, 0.2) is 85.2 Å². The minimum absolute atomic E-state index is 0.220. The predicted octanol–water partition coefficient (Wildman–Crippen LogP) is 4.74. The minimum Gasteiger partial charge on any atom is -0.497 e. The number of pyridine rings is 1. The third-order valence-corrected chi connectivity index (χ3v) is 7.20. The zero-order valence-corrected chi connectivity index (χ0v) is 22.3. The van der Waals surface area contributed by atoms with Crippen molar-refractivity contribution in [2.24, 2.45) is 0 Å². The summed E-state index contributed by atoms with van der Waals surface area (Å²) in [4.78, 5) is 6.70. The van der Waals surface area contributed by atoms with Gasteiger partial charge >= 0.3 is 0 Å². The molecule has 0 spiro atoms. The summed E-state index contributed by atoms with van der Waals surface area (Å²) in [6, 6.07) is 22.9. The van der Waals surface area contributed by atoms with Crippen LogP contribution in [0.5, 0.6) is 5.75 Å². The fourth-order valence-electron chi connectivity index (χ4n) is 4.68. The van der Waals surface area contributed by atoms with Crippen LogP contribution in [0.25, 0.3) is 5.69 Å². The lowest BCUT2D eigenvalue weighted by Gasteiger charge is -2.29. The van der Waals surface area contributed by atoms with Crippen molar-refractivity contribution in [2.45, 2.75) is 19.0 Å². The third-order valence-electron chi connectivity index (χ3n) is 6.30. The Morgan fingerprint density at radius 1 is 1.03 bits per heavy atom. The van der Waals surface area contributed by atoms with E-state index < -0.39 is 10.0 Å². The number of hydrogen-bond acceptors (Lipinski definition) is 5. The first-order valence-electron chi connectivity index (χ1n) is 11.7. The molecule has 1 aliphatic rings. The first-order chi connectivity index (χ1) is 17.7. The Morgan fingerprint density at radius 2 is 1.86 bits per heavy atom. The maximum atomic E-state index is 11.8. The van der Waals surface area contributed by atoms with Gasteiger partial charge in [-0.15, -0.1) is 0 Å². The van der Waals surface area contributed by atoms with Crippen molar-refractivity contribution in [3.05, 3.63) is 102 Å². The van der Waals surface area contributed by atoms with E-state index in [-0.39, 0.29) is 12.1 Å². The Labute approximate surface area is 222 Å². The molecule has 5 rings (SSSR count). The largest absolute Gasteiger partial charge is 0.497 e. The number of nitrogens with zero attached hydrogens (tertiary/aromatic N) is 3. The van der Waals surface area contributed by atoms with Gasteiger partial charge in [0.25, 0.3) is 0 Å². The fourth-order valence-corrected chi connectivity index (χ4v) is 5.65. The van der Waals surface area contributed by atoms with Crippen LogP contribution in [0.1, 0.15) is 29.0 Å². The summed E-state index contributed by atoms with van der Waals surface area (Å²) in [6.45, 7) is 1.87. The van der Waals surface area contributed by atoms with Gasteiger partial charge in [-0.25, -0.2) is 8.42 Å². The van der Waals surface area contributed by atoms with Crippen LogP contribution in [0.2, 0.25) is 0 Å². The van der Waals surface area contributed by atoms with Crippen molar-refractivity contribution in [3.8, 4) is 11.4 Å². The molecule has 0 unspecified atom stereocenters. The van der Waals surface area contributed by atoms with Crippen LogP contribution in [-0.4, -0.2) is 36.4 Å². The van der Waals surface area contributed by atoms with Crippen LogP contribution in [0.4, 0.5) is 11.4 Å². The highest BCUT2D eigenvalue weighted by Gasteiger charge is 2.42. The van der Waals surface area contributed by atoms with Crippen molar-refractivity contribution in [3.63, 3.8) is 0 Å². The molecule has 1 fully saturated rings. The number of anilines is 2. The molecule has 2 aromatic heterocycles. The second-order valence-corrected chi connectivity index (χ2v) is 11.0. The van der Waals surface area contributed by atoms with E-state index in [1.54, 1.807) is 19.4 Å². The Morgan fingerprint density at radius 3 is 2.57 bits per heavy atom. The van der Waals surface area contributed by atoms with E-state index in [1.807, 2.05) is 73.8 Å². The molecule has 1 aliphatic heterocycles. The Hall–Kier alpha value is -3.89. The number of nitrogens with one attached hydrogen (secondary N) is 2. The van der Waals surface area contributed by atoms with Crippen molar-refractivity contribution in [2.75, 3.05) is 23.0 Å². The molecule has 3 heterocycles. The quantitative estimate of drug-likeness (QED) is 0.332. The summed E-state index contributed by atoms with van der Waals surface area (Å²) >= 11 is 5.86. The number of ether oxygens (including phenoxy) is 1. The van der Waals surface area contributed by atoms with Gasteiger partial charge in [0, 0.05) is 35.5 Å². The summed E-state index contributed by atoms with van der Waals surface area (Å²) in [5.74, 6) is 0.764. The van der Waals surface area contributed by atoms with E-state index in [2.05, 4.69) is 30.6 Å². The maximum Gasteiger partial charge on any atom is 0.229 e. The number of rotatable bonds is 7. The van der Waals surface area contributed by atoms with E-state index in [0.717, 1.165) is 40.3 Å². The minimum atomic E-state index is -3.40. The standard InChI is InChI=1S/C27H27N5O3S2/c1-18-16-20(12-13-22(18)30-37(3,33)34)32-26(25(29-27(32)36)23-10-4-5-14-28-23)24-11-7-15-31(24)19-8-6-9-21(17-19)35-2/h4-17,25-26,30H,1-3H3,(H,29,36)/t25-,26+/m1/s1. The second-order valence-electron chi connectivity index (χ2n) is 8.87. The normalized spacial score (nSPS) is 17.5. The van der Waals surface area contributed by atoms with E-state index in [0.29, 0.717) is 10.8 Å². The topological polar surface area (TPSA) is 88.5 Å². The van der Waals surface area contributed by atoms with Crippen molar-refractivity contribution >= 4 is 38.7 Å². The van der Waals surface area contributed by atoms with Crippen LogP contribution < -0.4 is 19.7 Å². The second kappa shape index (κ2) is 9.87. The smallest absolute Gasteiger partial charge is 0.229 e. The van der Waals surface area contributed by atoms with E-state index in [9.17, 15) is 8.42 Å². The highest BCUT2D eigenvalue weighted by molar-refractivity contribution is 7.92. The molecule has 0 saturated carbocycles. The lowest BCUT2D eigenvalue weighted by atomic mass is 10.0. The van der Waals surface area contributed by atoms with Gasteiger partial charge in [0.2, 0.25) is 10.0 Å². The van der Waals surface area contributed by atoms with Gasteiger partial charge in [-0.05, 0) is 79.3 Å². The van der Waals surface area contributed by atoms with Gasteiger partial charge in [0.05, 0.1) is 30.8 Å². The predicted molar refractivity (Wildman–Crippen MR) is 150 cm³/mol. The monoisotopic (exact) mass is 533 g/mol. The third kappa shape index (κ3) is 5.03. The van der Waals surface area contributed by atoms with Crippen molar-refractivity contribution in [1.29, 1.82) is 0 Å². The van der Waals surface area contributed by atoms with Crippen molar-refractivity contribution < 1.29 is 13.2 Å². The first-order valence-corrected chi connectivity index (χ1v) is 14.0. The average molecular weight is 534 g/mol. The van der Waals surface area contributed by atoms with Gasteiger partial charge in [-0.1, -0.05) is 12.1 Å². The molecule has 10 heteroatoms. The molecule has 0 aliphatic carbocycles. The van der Waals surface area contributed by atoms with Gasteiger partial charge in [-0.3, -0.25) is 9.71 Å². The van der Waals surface area contributed by atoms with E-state index in [4.69, 9.17) is 17.0 Å². The molecule has 0 amide bonds. The molecule has 2 aromatic carbocycles. The number of aromatic nitrogens is 2. The van der Waals surface area contributed by atoms with Crippen LogP contribution in [0.3, 0.4) is 0 Å². The number of thiocarbonyl (C=S) groups is 1. The zero-order valence-electron chi connectivity index (χ0n) is 20.6. The SMILES string of the molecule is COc1cccc(-n2cccc2[C@H]2[C@@H](c3ccccn3)NC(=S)N2c2ccc(NS(C)(=O)=O)c(C)c2)c1. The van der Waals surface area contributed by atoms with Gasteiger partial charge < -0.3 is 19.5 Å². The molecule has 0 radical (unpaired) electrons. The Bertz CT molecular complexity index is 1550. The summed E-state index contributed by atoms with van der Waals surface area (Å²) in [7, 11) is -1.75. The Balaban J connectivity index is 1.63. The lowest BCUT2D eigenvalue weighted by Crippen LogP contribution is -2.30. The molecule has 2 N–H and O–H groups in total. The number of aryl methyl sites for hydroxylation is 1. The Kier molecular flexibility index (Phi) is 6.61. The molecular weight excluding hydrogens is 506 g/mol. The average Bonchev–Trinajstić information content (AvgIpc) is 3.49. The first kappa shape index (κ1) is 24.8. The van der Waals surface area contributed by atoms with E-state index in [1.165, 1.54) is 0 Å². The number of benzene rings is 2. The number of hydrogen-bond donors (Lipinski definition) is 2. The number of sulfonamides is 1. The fraction of sp³-hybridized carbons (Fsp3) is 0.185. The van der Waals surface area contributed by atoms with Gasteiger partial charge in [0.15, 0.2) is 5.11 Å². The molecule has 37 heavy (non-hydrogen) atoms. The van der Waals surface area contributed by atoms with Gasteiger partial charge in [0.1, 0.15) is 11.8 Å². The maximum absolute atomic E-state index is 11.8. The summed E-state index contributed by atoms with van der Waals surface area (Å²) in [6.07, 6.45) is 4.93. The summed E-state index contributed by atoms with van der Waals surface area (Å²) in [5.41, 5.74) is 4.99. The highest BCUT2D eigenvalue weighted by Crippen LogP contribution is 2.43. The zero-order chi connectivity index (χ0) is 26.2. The summed E-state index contributed by atoms with van der Waals surface area (Å²) in [5, 5.41) is 4.03. The molecule has 190 valence electrons. The number of methoxy groups -OCH3 is 1. The van der Waals surface area contributed by atoms with Gasteiger partial charge in [-0.2, -0.15) is 0 Å². The molecular formula is C27H27N5O3S2. The summed E-state index contributed by atoms with van der Waals surface area (Å²) < 4.78 is 33.8. The van der Waals surface area contributed by atoms with Crippen LogP contribution in [-0.2, 0) is 10.0 Å². The molecule has 8 nitrogen and oxygen atoms in total. The highest BCUT2D eigenvalue weighted by atomic mass is 32.2. The lowest BCUT2D eigenvalue weighted by molar-refractivity contribution is 0.414. The van der Waals surface area contributed by atoms with Crippen molar-refractivity contribution in [1.82, 2.24) is 14.9 Å². The molecule has 1 saturated heterocycles. The molecule has 0 bridgehead atoms. The molecule has 2 atom stereocenters. The van der Waals surface area contributed by atoms with Crippen LogP contribution >= 0.6 is 12.2 Å². The van der Waals surface area contributed by atoms with E-state index >= 15 is 0 Å². The molecule has 4 aromatic rings. The van der Waals surface area contributed by atoms with Crippen LogP contribution in [0, 0.1) is 6.92 Å².